The zero-order valence-electron chi connectivity index (χ0n) is 13.7. The number of aliphatic hydroxyl groups is 1. The number of hydrogen-bond donors (Lipinski definition) is 2. The van der Waals surface area contributed by atoms with Crippen molar-refractivity contribution in [3.05, 3.63) is 41.7 Å². The third-order valence-corrected chi connectivity index (χ3v) is 2.17. The molecule has 0 aromatic heterocycles. The average Bonchev–Trinajstić information content (AvgIpc) is 2.58. The number of terminal acetylenes is 1. The summed E-state index contributed by atoms with van der Waals surface area (Å²) in [6, 6.07) is 10.4. The predicted molar refractivity (Wildman–Crippen MR) is 91.1 cm³/mol. The van der Waals surface area contributed by atoms with Gasteiger partial charge < -0.3 is 10.4 Å². The quantitative estimate of drug-likeness (QED) is 0.374. The van der Waals surface area contributed by atoms with Gasteiger partial charge in [-0.15, -0.1) is 12.3 Å². The minimum absolute atomic E-state index is 0.113. The Morgan fingerprint density at radius 2 is 1.77 bits per heavy atom. The summed E-state index contributed by atoms with van der Waals surface area (Å²) in [4.78, 5) is 11.7. The summed E-state index contributed by atoms with van der Waals surface area (Å²) < 4.78 is 0. The zero-order valence-corrected chi connectivity index (χ0v) is 13.7. The maximum Gasteiger partial charge on any atom is 0.269 e. The Labute approximate surface area is 133 Å². The molecule has 4 heteroatoms. The second-order valence-electron chi connectivity index (χ2n) is 3.46. The molecular weight excluding hydrogens is 276 g/mol. The van der Waals surface area contributed by atoms with Crippen LogP contribution >= 0.6 is 0 Å². The van der Waals surface area contributed by atoms with Gasteiger partial charge in [0.25, 0.3) is 5.91 Å². The number of para-hydroxylation sites is 1. The van der Waals surface area contributed by atoms with Gasteiger partial charge in [-0.3, -0.25) is 4.79 Å². The lowest BCUT2D eigenvalue weighted by atomic mass is 10.1. The van der Waals surface area contributed by atoms with Crippen LogP contribution in [0.2, 0.25) is 0 Å². The van der Waals surface area contributed by atoms with Crippen LogP contribution in [0.1, 0.15) is 40.5 Å². The number of carbonyl (C=O) groups excluding carboxylic acids is 1. The predicted octanol–water partition coefficient (Wildman–Crippen LogP) is 4.43. The molecule has 1 amide bonds. The molecular formula is C18H24N2O2. The van der Waals surface area contributed by atoms with E-state index in [9.17, 15) is 9.90 Å². The van der Waals surface area contributed by atoms with E-state index in [0.717, 1.165) is 0 Å². The highest BCUT2D eigenvalue weighted by Gasteiger charge is 2.14. The van der Waals surface area contributed by atoms with E-state index in [0.29, 0.717) is 5.69 Å². The highest BCUT2D eigenvalue weighted by Crippen LogP contribution is 2.11. The normalized spacial score (nSPS) is 9.36. The van der Waals surface area contributed by atoms with Crippen LogP contribution in [0, 0.1) is 23.7 Å². The number of allylic oxidation sites excluding steroid dienone is 1. The number of aliphatic hydroxyl groups excluding tert-OH is 1. The molecule has 0 spiro atoms. The van der Waals surface area contributed by atoms with Crippen molar-refractivity contribution in [1.29, 1.82) is 5.26 Å². The summed E-state index contributed by atoms with van der Waals surface area (Å²) in [5.41, 5.74) is 0.245. The molecule has 118 valence electrons. The minimum Gasteiger partial charge on any atom is -0.511 e. The molecule has 0 radical (unpaired) electrons. The molecule has 0 saturated heterocycles. The van der Waals surface area contributed by atoms with Gasteiger partial charge in [0.2, 0.25) is 0 Å². The van der Waals surface area contributed by atoms with Crippen LogP contribution in [-0.4, -0.2) is 11.0 Å². The average molecular weight is 300 g/mol. The fourth-order valence-electron chi connectivity index (χ4n) is 1.28. The van der Waals surface area contributed by atoms with Gasteiger partial charge in [0, 0.05) is 18.5 Å². The first-order valence-corrected chi connectivity index (χ1v) is 7.31. The van der Waals surface area contributed by atoms with Crippen LogP contribution in [0.4, 0.5) is 5.69 Å². The minimum atomic E-state index is -0.641. The summed E-state index contributed by atoms with van der Waals surface area (Å²) in [5, 5.41) is 21.0. The van der Waals surface area contributed by atoms with E-state index in [1.807, 2.05) is 27.7 Å². The van der Waals surface area contributed by atoms with Crippen LogP contribution in [0.5, 0.6) is 0 Å². The molecule has 1 rings (SSSR count). The Morgan fingerprint density at radius 3 is 2.23 bits per heavy atom. The second-order valence-corrected chi connectivity index (χ2v) is 3.46. The molecule has 0 aliphatic rings. The van der Waals surface area contributed by atoms with Gasteiger partial charge in [0.15, 0.2) is 5.57 Å². The van der Waals surface area contributed by atoms with E-state index in [2.05, 4.69) is 11.2 Å². The molecule has 0 saturated carbocycles. The van der Waals surface area contributed by atoms with Crippen molar-refractivity contribution in [3.63, 3.8) is 0 Å². The van der Waals surface area contributed by atoms with E-state index in [-0.39, 0.29) is 24.2 Å². The van der Waals surface area contributed by atoms with Crippen LogP contribution in [-0.2, 0) is 4.79 Å². The molecule has 1 aromatic carbocycles. The molecule has 4 nitrogen and oxygen atoms in total. The molecule has 0 heterocycles. The Bertz CT molecular complexity index is 534. The van der Waals surface area contributed by atoms with Gasteiger partial charge >= 0.3 is 0 Å². The topological polar surface area (TPSA) is 73.1 Å². The van der Waals surface area contributed by atoms with Crippen molar-refractivity contribution < 1.29 is 9.90 Å². The third kappa shape index (κ3) is 8.45. The standard InChI is InChI=1S/C14H12N2O2.2C2H6/c1-2-3-9-13(17)12(10-15)14(18)16-11-7-5-4-6-8-11;2*1-2/h1,4-8,17H,3,9H2,(H,16,18);2*1-2H3/b13-12-;;. The van der Waals surface area contributed by atoms with Gasteiger partial charge in [-0.25, -0.2) is 0 Å². The Morgan fingerprint density at radius 1 is 1.23 bits per heavy atom. The smallest absolute Gasteiger partial charge is 0.269 e. The molecule has 2 N–H and O–H groups in total. The summed E-state index contributed by atoms with van der Waals surface area (Å²) in [7, 11) is 0. The zero-order chi connectivity index (χ0) is 17.4. The summed E-state index contributed by atoms with van der Waals surface area (Å²) in [5.74, 6) is 1.40. The Hall–Kier alpha value is -2.72. The first-order valence-electron chi connectivity index (χ1n) is 7.31. The van der Waals surface area contributed by atoms with Crippen LogP contribution in [0.3, 0.4) is 0 Å². The molecule has 0 atom stereocenters. The molecule has 22 heavy (non-hydrogen) atoms. The lowest BCUT2D eigenvalue weighted by Gasteiger charge is -2.05. The van der Waals surface area contributed by atoms with Gasteiger partial charge in [-0.05, 0) is 12.1 Å². The largest absolute Gasteiger partial charge is 0.511 e. The monoisotopic (exact) mass is 300 g/mol. The van der Waals surface area contributed by atoms with Crippen LogP contribution in [0.25, 0.3) is 0 Å². The number of benzene rings is 1. The fraction of sp³-hybridized carbons (Fsp3) is 0.333. The van der Waals surface area contributed by atoms with Crippen molar-refractivity contribution in [3.8, 4) is 18.4 Å². The first kappa shape index (κ1) is 21.6. The molecule has 0 bridgehead atoms. The van der Waals surface area contributed by atoms with E-state index in [4.69, 9.17) is 11.7 Å². The van der Waals surface area contributed by atoms with Gasteiger partial charge in [-0.2, -0.15) is 5.26 Å². The molecule has 1 aromatic rings. The number of carbonyl (C=O) groups is 1. The van der Waals surface area contributed by atoms with Gasteiger partial charge in [-0.1, -0.05) is 45.9 Å². The Balaban J connectivity index is 0. The van der Waals surface area contributed by atoms with E-state index in [1.54, 1.807) is 36.4 Å². The van der Waals surface area contributed by atoms with Gasteiger partial charge in [0.05, 0.1) is 0 Å². The summed E-state index contributed by atoms with van der Waals surface area (Å²) >= 11 is 0. The molecule has 0 aliphatic heterocycles. The maximum absolute atomic E-state index is 11.7. The summed E-state index contributed by atoms with van der Waals surface area (Å²) in [6.45, 7) is 8.00. The van der Waals surface area contributed by atoms with Crippen LogP contribution in [0.15, 0.2) is 41.7 Å². The molecule has 0 aliphatic carbocycles. The fourth-order valence-corrected chi connectivity index (χ4v) is 1.28. The first-order chi connectivity index (χ1) is 10.7. The van der Waals surface area contributed by atoms with Crippen molar-refractivity contribution in [2.45, 2.75) is 40.5 Å². The van der Waals surface area contributed by atoms with Crippen molar-refractivity contribution in [2.75, 3.05) is 5.32 Å². The number of hydrogen-bond acceptors (Lipinski definition) is 3. The third-order valence-electron chi connectivity index (χ3n) is 2.17. The maximum atomic E-state index is 11.7. The van der Waals surface area contributed by atoms with Crippen molar-refractivity contribution in [1.82, 2.24) is 0 Å². The van der Waals surface area contributed by atoms with E-state index in [1.165, 1.54) is 0 Å². The van der Waals surface area contributed by atoms with E-state index >= 15 is 0 Å². The van der Waals surface area contributed by atoms with Crippen molar-refractivity contribution in [2.24, 2.45) is 0 Å². The number of nitrogens with zero attached hydrogens (tertiary/aromatic N) is 1. The van der Waals surface area contributed by atoms with Gasteiger partial charge in [0.1, 0.15) is 11.8 Å². The molecule has 0 unspecified atom stereocenters. The van der Waals surface area contributed by atoms with Crippen molar-refractivity contribution >= 4 is 11.6 Å². The lowest BCUT2D eigenvalue weighted by molar-refractivity contribution is -0.112. The van der Waals surface area contributed by atoms with E-state index < -0.39 is 5.91 Å². The summed E-state index contributed by atoms with van der Waals surface area (Å²) in [6.07, 6.45) is 5.44. The highest BCUT2D eigenvalue weighted by molar-refractivity contribution is 6.06. The number of nitriles is 1. The number of nitrogens with one attached hydrogen (secondary N) is 1. The van der Waals surface area contributed by atoms with Crippen LogP contribution < -0.4 is 5.32 Å². The number of anilines is 1. The Kier molecular flexibility index (Phi) is 14.4. The highest BCUT2D eigenvalue weighted by atomic mass is 16.3. The SMILES string of the molecule is C#CCC/C(O)=C(\C#N)C(=O)Nc1ccccc1.CC.CC. The lowest BCUT2D eigenvalue weighted by Crippen LogP contribution is -2.15. The second kappa shape index (κ2) is 14.7. The number of rotatable bonds is 4. The molecule has 0 fully saturated rings. The number of amides is 1.